The van der Waals surface area contributed by atoms with Gasteiger partial charge in [0.2, 0.25) is 0 Å². The summed E-state index contributed by atoms with van der Waals surface area (Å²) in [5.41, 5.74) is 1.14. The highest BCUT2D eigenvalue weighted by atomic mass is 16.1. The molecule has 0 aliphatic heterocycles. The van der Waals surface area contributed by atoms with Gasteiger partial charge in [0.05, 0.1) is 0 Å². The van der Waals surface area contributed by atoms with Crippen molar-refractivity contribution < 1.29 is 0 Å². The molecule has 0 bridgehead atoms. The van der Waals surface area contributed by atoms with Crippen molar-refractivity contribution in [3.8, 4) is 11.8 Å². The summed E-state index contributed by atoms with van der Waals surface area (Å²) in [6.07, 6.45) is 1.63. The predicted molar refractivity (Wildman–Crippen MR) is 79.6 cm³/mol. The normalized spacial score (nSPS) is 10.5. The summed E-state index contributed by atoms with van der Waals surface area (Å²) in [7, 11) is 0. The van der Waals surface area contributed by atoms with Crippen LogP contribution in [0.1, 0.15) is 11.1 Å². The van der Waals surface area contributed by atoms with Crippen LogP contribution in [0.2, 0.25) is 0 Å². The number of rotatable bonds is 1. The van der Waals surface area contributed by atoms with Crippen LogP contribution < -0.4 is 11.1 Å². The minimum atomic E-state index is -0.552. The van der Waals surface area contributed by atoms with E-state index in [4.69, 9.17) is 5.26 Å². The van der Waals surface area contributed by atoms with Crippen molar-refractivity contribution in [3.63, 3.8) is 0 Å². The molecule has 5 nitrogen and oxygen atoms in total. The third-order valence-corrected chi connectivity index (χ3v) is 3.34. The van der Waals surface area contributed by atoms with Gasteiger partial charge in [-0.2, -0.15) is 5.26 Å². The maximum absolute atomic E-state index is 12.5. The molecule has 21 heavy (non-hydrogen) atoms. The second-order valence-corrected chi connectivity index (χ2v) is 4.78. The lowest BCUT2D eigenvalue weighted by atomic mass is 10.2. The molecule has 0 atom stereocenters. The van der Waals surface area contributed by atoms with E-state index < -0.39 is 5.56 Å². The number of hydrogen-bond donors (Lipinski definition) is 1. The van der Waals surface area contributed by atoms with Crippen molar-refractivity contribution in [3.05, 3.63) is 74.4 Å². The molecule has 2 heterocycles. The van der Waals surface area contributed by atoms with Crippen molar-refractivity contribution >= 4 is 10.9 Å². The van der Waals surface area contributed by atoms with Crippen LogP contribution in [0.25, 0.3) is 16.6 Å². The van der Waals surface area contributed by atoms with Crippen molar-refractivity contribution in [2.75, 3.05) is 0 Å². The highest BCUT2D eigenvalue weighted by Gasteiger charge is 2.08. The molecule has 0 aliphatic carbocycles. The molecule has 5 heteroatoms. The van der Waals surface area contributed by atoms with Crippen LogP contribution in [-0.2, 0) is 0 Å². The van der Waals surface area contributed by atoms with E-state index in [1.807, 2.05) is 31.2 Å². The monoisotopic (exact) mass is 277 g/mol. The molecule has 1 N–H and O–H groups in total. The lowest BCUT2D eigenvalue weighted by Crippen LogP contribution is -2.22. The third kappa shape index (κ3) is 2.13. The standard InChI is InChI=1S/C16H11N3O2/c1-10-2-4-13(5-3-10)19-7-6-11-8-12(9-17)15(20)18-14(11)16(19)21/h2-8H,1H3,(H,18,20). The Morgan fingerprint density at radius 2 is 1.86 bits per heavy atom. The molecule has 0 saturated carbocycles. The van der Waals surface area contributed by atoms with Crippen LogP contribution in [0.5, 0.6) is 0 Å². The molecule has 1 aromatic carbocycles. The molecule has 0 amide bonds. The Bertz CT molecular complexity index is 989. The topological polar surface area (TPSA) is 78.7 Å². The minimum Gasteiger partial charge on any atom is -0.316 e. The molecule has 3 aromatic rings. The molecule has 102 valence electrons. The summed E-state index contributed by atoms with van der Waals surface area (Å²) in [6, 6.07) is 12.4. The van der Waals surface area contributed by atoms with Crippen molar-refractivity contribution in [2.45, 2.75) is 6.92 Å². The molecule has 3 rings (SSSR count). The number of nitrogens with one attached hydrogen (secondary N) is 1. The molecular weight excluding hydrogens is 266 g/mol. The van der Waals surface area contributed by atoms with E-state index >= 15 is 0 Å². The number of H-pyrrole nitrogens is 1. The number of benzene rings is 1. The van der Waals surface area contributed by atoms with Crippen molar-refractivity contribution in [1.82, 2.24) is 9.55 Å². The SMILES string of the molecule is Cc1ccc(-n2ccc3cc(C#N)c(=O)[nH]c3c2=O)cc1. The zero-order valence-electron chi connectivity index (χ0n) is 11.3. The fourth-order valence-corrected chi connectivity index (χ4v) is 2.19. The number of aryl methyl sites for hydroxylation is 1. The molecule has 2 aromatic heterocycles. The Kier molecular flexibility index (Phi) is 2.92. The second-order valence-electron chi connectivity index (χ2n) is 4.78. The number of aromatic amines is 1. The minimum absolute atomic E-state index is 0.00464. The highest BCUT2D eigenvalue weighted by molar-refractivity contribution is 5.78. The zero-order chi connectivity index (χ0) is 15.0. The first-order chi connectivity index (χ1) is 10.1. The molecule has 0 spiro atoms. The van der Waals surface area contributed by atoms with Crippen LogP contribution in [0.4, 0.5) is 0 Å². The first-order valence-electron chi connectivity index (χ1n) is 6.36. The van der Waals surface area contributed by atoms with Gasteiger partial charge in [-0.3, -0.25) is 14.2 Å². The van der Waals surface area contributed by atoms with Gasteiger partial charge in [-0.1, -0.05) is 17.7 Å². The molecule has 0 unspecified atom stereocenters. The maximum atomic E-state index is 12.5. The summed E-state index contributed by atoms with van der Waals surface area (Å²) in [5.74, 6) is 0. The van der Waals surface area contributed by atoms with Gasteiger partial charge in [0.15, 0.2) is 0 Å². The Balaban J connectivity index is 2.31. The number of nitriles is 1. The van der Waals surface area contributed by atoms with Crippen LogP contribution in [-0.4, -0.2) is 9.55 Å². The van der Waals surface area contributed by atoms with Gasteiger partial charge in [-0.15, -0.1) is 0 Å². The van der Waals surface area contributed by atoms with Gasteiger partial charge in [0.25, 0.3) is 11.1 Å². The lowest BCUT2D eigenvalue weighted by molar-refractivity contribution is 0.996. The largest absolute Gasteiger partial charge is 0.316 e. The van der Waals surface area contributed by atoms with E-state index in [1.54, 1.807) is 18.3 Å². The van der Waals surface area contributed by atoms with Crippen LogP contribution in [0.15, 0.2) is 52.2 Å². The summed E-state index contributed by atoms with van der Waals surface area (Å²) in [5, 5.41) is 9.39. The Labute approximate surface area is 119 Å². The summed E-state index contributed by atoms with van der Waals surface area (Å²) in [6.45, 7) is 1.97. The average Bonchev–Trinajstić information content (AvgIpc) is 2.49. The summed E-state index contributed by atoms with van der Waals surface area (Å²) >= 11 is 0. The summed E-state index contributed by atoms with van der Waals surface area (Å²) in [4.78, 5) is 26.6. The second kappa shape index (κ2) is 4.76. The molecule has 0 aliphatic rings. The third-order valence-electron chi connectivity index (χ3n) is 3.34. The first-order valence-corrected chi connectivity index (χ1v) is 6.36. The fraction of sp³-hybridized carbons (Fsp3) is 0.0625. The van der Waals surface area contributed by atoms with E-state index in [9.17, 15) is 9.59 Å². The molecular formula is C16H11N3O2. The summed E-state index contributed by atoms with van der Waals surface area (Å²) < 4.78 is 1.46. The van der Waals surface area contributed by atoms with E-state index in [0.717, 1.165) is 11.3 Å². The first kappa shape index (κ1) is 12.9. The zero-order valence-corrected chi connectivity index (χ0v) is 11.3. The van der Waals surface area contributed by atoms with Crippen LogP contribution >= 0.6 is 0 Å². The van der Waals surface area contributed by atoms with Gasteiger partial charge in [0, 0.05) is 17.3 Å². The van der Waals surface area contributed by atoms with Gasteiger partial charge in [-0.05, 0) is 31.2 Å². The number of hydrogen-bond acceptors (Lipinski definition) is 3. The fourth-order valence-electron chi connectivity index (χ4n) is 2.19. The van der Waals surface area contributed by atoms with E-state index in [-0.39, 0.29) is 16.6 Å². The van der Waals surface area contributed by atoms with Crippen LogP contribution in [0.3, 0.4) is 0 Å². The van der Waals surface area contributed by atoms with E-state index in [1.165, 1.54) is 10.6 Å². The predicted octanol–water partition coefficient (Wildman–Crippen LogP) is 1.86. The van der Waals surface area contributed by atoms with Crippen molar-refractivity contribution in [2.24, 2.45) is 0 Å². The highest BCUT2D eigenvalue weighted by Crippen LogP contribution is 2.11. The Morgan fingerprint density at radius 1 is 1.14 bits per heavy atom. The van der Waals surface area contributed by atoms with Crippen molar-refractivity contribution in [1.29, 1.82) is 5.26 Å². The van der Waals surface area contributed by atoms with Gasteiger partial charge in [-0.25, -0.2) is 0 Å². The Morgan fingerprint density at radius 3 is 2.52 bits per heavy atom. The lowest BCUT2D eigenvalue weighted by Gasteiger charge is -2.07. The smallest absolute Gasteiger partial charge is 0.279 e. The van der Waals surface area contributed by atoms with Gasteiger partial charge < -0.3 is 4.98 Å². The number of nitrogens with zero attached hydrogens (tertiary/aromatic N) is 2. The Hall–Kier alpha value is -3.13. The maximum Gasteiger partial charge on any atom is 0.279 e. The van der Waals surface area contributed by atoms with Gasteiger partial charge >= 0.3 is 0 Å². The number of fused-ring (bicyclic) bond motifs is 1. The molecule has 0 saturated heterocycles. The number of aromatic nitrogens is 2. The molecule has 0 fully saturated rings. The van der Waals surface area contributed by atoms with Crippen LogP contribution in [0, 0.1) is 18.3 Å². The molecule has 0 radical (unpaired) electrons. The average molecular weight is 277 g/mol. The van der Waals surface area contributed by atoms with Gasteiger partial charge in [0.1, 0.15) is 17.1 Å². The van der Waals surface area contributed by atoms with E-state index in [0.29, 0.717) is 5.39 Å². The quantitative estimate of drug-likeness (QED) is 0.737. The number of pyridine rings is 2. The van der Waals surface area contributed by atoms with E-state index in [2.05, 4.69) is 4.98 Å².